The van der Waals surface area contributed by atoms with Crippen LogP contribution in [0.3, 0.4) is 0 Å². The Morgan fingerprint density at radius 3 is 1.65 bits per heavy atom. The van der Waals surface area contributed by atoms with E-state index in [4.69, 9.17) is 0 Å². The first-order chi connectivity index (χ1) is 11.2. The predicted octanol–water partition coefficient (Wildman–Crippen LogP) is 6.55. The third-order valence-electron chi connectivity index (χ3n) is 3.44. The lowest BCUT2D eigenvalue weighted by Gasteiger charge is -2.26. The van der Waals surface area contributed by atoms with Crippen molar-refractivity contribution in [3.63, 3.8) is 0 Å². The van der Waals surface area contributed by atoms with Gasteiger partial charge in [0, 0.05) is 20.3 Å². The molecule has 2 nitrogen and oxygen atoms in total. The maximum absolute atomic E-state index is 9.46. The molecule has 23 heavy (non-hydrogen) atoms. The van der Waals surface area contributed by atoms with Crippen LogP contribution in [0, 0.1) is 11.3 Å². The summed E-state index contributed by atoms with van der Waals surface area (Å²) in [5.74, 6) is 0. The Hall–Kier alpha value is -2.09. The monoisotopic (exact) mass is 426 g/mol. The molecule has 0 radical (unpaired) electrons. The molecule has 0 aliphatic heterocycles. The zero-order valence-electron chi connectivity index (χ0n) is 12.1. The van der Waals surface area contributed by atoms with Crippen molar-refractivity contribution in [3.05, 3.63) is 87.3 Å². The highest BCUT2D eigenvalue weighted by Crippen LogP contribution is 2.37. The molecular formula is C19H12Br2N2. The Morgan fingerprint density at radius 1 is 0.696 bits per heavy atom. The Balaban J connectivity index is 2.19. The second-order valence-electron chi connectivity index (χ2n) is 4.92. The van der Waals surface area contributed by atoms with Crippen molar-refractivity contribution in [2.75, 3.05) is 4.90 Å². The van der Waals surface area contributed by atoms with Crippen molar-refractivity contribution in [3.8, 4) is 6.07 Å². The fourth-order valence-electron chi connectivity index (χ4n) is 2.37. The topological polar surface area (TPSA) is 27.0 Å². The van der Waals surface area contributed by atoms with E-state index in [0.29, 0.717) is 5.56 Å². The molecule has 0 unspecified atom stereocenters. The molecule has 4 heteroatoms. The van der Waals surface area contributed by atoms with E-state index in [0.717, 1.165) is 26.0 Å². The molecule has 0 N–H and O–H groups in total. The number of nitrogens with zero attached hydrogens (tertiary/aromatic N) is 2. The van der Waals surface area contributed by atoms with E-state index in [-0.39, 0.29) is 0 Å². The van der Waals surface area contributed by atoms with E-state index in [9.17, 15) is 5.26 Å². The van der Waals surface area contributed by atoms with Gasteiger partial charge in [0.1, 0.15) is 6.07 Å². The highest BCUT2D eigenvalue weighted by molar-refractivity contribution is 9.10. The molecule has 0 fully saturated rings. The van der Waals surface area contributed by atoms with Crippen LogP contribution in [0.4, 0.5) is 17.1 Å². The Kier molecular flexibility index (Phi) is 4.80. The summed E-state index contributed by atoms with van der Waals surface area (Å²) in [4.78, 5) is 2.08. The molecule has 0 aromatic heterocycles. The van der Waals surface area contributed by atoms with E-state index in [2.05, 4.69) is 42.8 Å². The molecule has 0 saturated carbocycles. The fourth-order valence-corrected chi connectivity index (χ4v) is 2.90. The zero-order chi connectivity index (χ0) is 16.2. The van der Waals surface area contributed by atoms with Gasteiger partial charge in [-0.15, -0.1) is 0 Å². The fraction of sp³-hybridized carbons (Fsp3) is 0. The molecule has 0 amide bonds. The highest BCUT2D eigenvalue weighted by atomic mass is 79.9. The zero-order valence-corrected chi connectivity index (χ0v) is 15.3. The summed E-state index contributed by atoms with van der Waals surface area (Å²) in [6.07, 6.45) is 0. The average Bonchev–Trinajstić information content (AvgIpc) is 2.59. The van der Waals surface area contributed by atoms with Crippen LogP contribution in [0.5, 0.6) is 0 Å². The predicted molar refractivity (Wildman–Crippen MR) is 101 cm³/mol. The summed E-state index contributed by atoms with van der Waals surface area (Å²) in [5, 5.41) is 9.46. The van der Waals surface area contributed by atoms with Crippen LogP contribution in [0.15, 0.2) is 81.7 Å². The summed E-state index contributed by atoms with van der Waals surface area (Å²) in [5.41, 5.74) is 3.49. The van der Waals surface area contributed by atoms with Crippen molar-refractivity contribution in [2.45, 2.75) is 0 Å². The van der Waals surface area contributed by atoms with Gasteiger partial charge in [-0.25, -0.2) is 0 Å². The number of benzene rings is 3. The molecule has 0 heterocycles. The third-order valence-corrected chi connectivity index (χ3v) is 4.49. The summed E-state index contributed by atoms with van der Waals surface area (Å²) < 4.78 is 2.04. The lowest BCUT2D eigenvalue weighted by atomic mass is 10.1. The second kappa shape index (κ2) is 6.99. The van der Waals surface area contributed by atoms with E-state index in [1.807, 2.05) is 72.8 Å². The van der Waals surface area contributed by atoms with Gasteiger partial charge in [0.05, 0.1) is 11.3 Å². The van der Waals surface area contributed by atoms with Crippen molar-refractivity contribution < 1.29 is 0 Å². The van der Waals surface area contributed by atoms with Crippen LogP contribution < -0.4 is 4.90 Å². The van der Waals surface area contributed by atoms with Gasteiger partial charge >= 0.3 is 0 Å². The molecular weight excluding hydrogens is 416 g/mol. The van der Waals surface area contributed by atoms with Gasteiger partial charge in [-0.3, -0.25) is 0 Å². The molecule has 0 bridgehead atoms. The molecule has 3 aromatic carbocycles. The summed E-state index contributed by atoms with van der Waals surface area (Å²) >= 11 is 6.94. The van der Waals surface area contributed by atoms with Crippen LogP contribution in [-0.2, 0) is 0 Å². The maximum Gasteiger partial charge on any atom is 0.101 e. The minimum absolute atomic E-state index is 0.637. The SMILES string of the molecule is N#Cc1ccccc1N(c1ccc(Br)cc1)c1ccc(Br)cc1. The van der Waals surface area contributed by atoms with Crippen molar-refractivity contribution in [2.24, 2.45) is 0 Å². The Morgan fingerprint density at radius 2 is 1.17 bits per heavy atom. The first-order valence-electron chi connectivity index (χ1n) is 6.99. The largest absolute Gasteiger partial charge is 0.309 e. The van der Waals surface area contributed by atoms with Crippen molar-refractivity contribution in [1.82, 2.24) is 0 Å². The van der Waals surface area contributed by atoms with Crippen LogP contribution in [0.25, 0.3) is 0 Å². The van der Waals surface area contributed by atoms with Gasteiger partial charge in [0.15, 0.2) is 0 Å². The second-order valence-corrected chi connectivity index (χ2v) is 6.75. The minimum Gasteiger partial charge on any atom is -0.309 e. The number of halogens is 2. The van der Waals surface area contributed by atoms with Gasteiger partial charge in [0.25, 0.3) is 0 Å². The Bertz CT molecular complexity index is 804. The Labute approximate surface area is 152 Å². The van der Waals surface area contributed by atoms with Crippen molar-refractivity contribution in [1.29, 1.82) is 5.26 Å². The lowest BCUT2D eigenvalue weighted by Crippen LogP contribution is -2.11. The number of hydrogen-bond acceptors (Lipinski definition) is 2. The number of anilines is 3. The first-order valence-corrected chi connectivity index (χ1v) is 8.58. The van der Waals surface area contributed by atoms with Gasteiger partial charge in [0.2, 0.25) is 0 Å². The van der Waals surface area contributed by atoms with Crippen LogP contribution in [0.2, 0.25) is 0 Å². The van der Waals surface area contributed by atoms with E-state index < -0.39 is 0 Å². The summed E-state index contributed by atoms with van der Waals surface area (Å²) in [7, 11) is 0. The number of para-hydroxylation sites is 1. The molecule has 0 aliphatic rings. The number of nitriles is 1. The molecule has 3 aromatic rings. The standard InChI is InChI=1S/C19H12Br2N2/c20-15-5-9-17(10-6-15)23(18-11-7-16(21)8-12-18)19-4-2-1-3-14(19)13-22/h1-12H. The first kappa shape index (κ1) is 15.8. The van der Waals surface area contributed by atoms with E-state index in [1.165, 1.54) is 0 Å². The molecule has 3 rings (SSSR count). The van der Waals surface area contributed by atoms with E-state index in [1.54, 1.807) is 0 Å². The van der Waals surface area contributed by atoms with Gasteiger partial charge in [-0.05, 0) is 60.7 Å². The average molecular weight is 428 g/mol. The molecule has 112 valence electrons. The molecule has 0 atom stereocenters. The quantitative estimate of drug-likeness (QED) is 0.473. The minimum atomic E-state index is 0.637. The molecule has 0 aliphatic carbocycles. The highest BCUT2D eigenvalue weighted by Gasteiger charge is 2.15. The third kappa shape index (κ3) is 3.47. The smallest absolute Gasteiger partial charge is 0.101 e. The maximum atomic E-state index is 9.46. The summed E-state index contributed by atoms with van der Waals surface area (Å²) in [6, 6.07) is 26.0. The number of rotatable bonds is 3. The summed E-state index contributed by atoms with van der Waals surface area (Å²) in [6.45, 7) is 0. The van der Waals surface area contributed by atoms with Crippen molar-refractivity contribution >= 4 is 48.9 Å². The normalized spacial score (nSPS) is 10.1. The van der Waals surface area contributed by atoms with E-state index >= 15 is 0 Å². The van der Waals surface area contributed by atoms with Crippen LogP contribution in [0.1, 0.15) is 5.56 Å². The van der Waals surface area contributed by atoms with Gasteiger partial charge in [-0.1, -0.05) is 44.0 Å². The lowest BCUT2D eigenvalue weighted by molar-refractivity contribution is 1.27. The molecule has 0 spiro atoms. The van der Waals surface area contributed by atoms with Gasteiger partial charge in [-0.2, -0.15) is 5.26 Å². The van der Waals surface area contributed by atoms with Gasteiger partial charge < -0.3 is 4.90 Å². The molecule has 0 saturated heterocycles. The number of hydrogen-bond donors (Lipinski definition) is 0. The van der Waals surface area contributed by atoms with Crippen LogP contribution in [-0.4, -0.2) is 0 Å². The van der Waals surface area contributed by atoms with Crippen LogP contribution >= 0.6 is 31.9 Å².